The molecule has 0 aliphatic heterocycles. The number of nitrogens with one attached hydrogen (secondary N) is 2. The summed E-state index contributed by atoms with van der Waals surface area (Å²) in [4.78, 5) is 16.3. The molecule has 1 heterocycles. The van der Waals surface area contributed by atoms with Crippen molar-refractivity contribution in [2.45, 2.75) is 0 Å². The summed E-state index contributed by atoms with van der Waals surface area (Å²) in [5.74, 6) is -0.384. The van der Waals surface area contributed by atoms with E-state index < -0.39 is 11.7 Å². The molecule has 0 aliphatic rings. The van der Waals surface area contributed by atoms with Crippen LogP contribution < -0.4 is 15.4 Å². The number of carbonyl (C=O) groups is 1. The van der Waals surface area contributed by atoms with Crippen molar-refractivity contribution in [3.8, 4) is 5.75 Å². The number of para-hydroxylation sites is 1. The standard InChI is InChI=1S/C19H15ClFN3O2/c1-26-18-9-6-12(20)10-17(18)23-13-7-8-16(22-11-13)19(25)24-15-5-3-2-4-14(15)21/h2-11,23H,1H3,(H,24,25). The third-order valence-electron chi connectivity index (χ3n) is 3.56. The van der Waals surface area contributed by atoms with E-state index in [2.05, 4.69) is 15.6 Å². The predicted molar refractivity (Wildman–Crippen MR) is 99.9 cm³/mol. The molecule has 2 aromatic carbocycles. The second kappa shape index (κ2) is 7.84. The van der Waals surface area contributed by atoms with E-state index in [0.29, 0.717) is 22.1 Å². The fourth-order valence-electron chi connectivity index (χ4n) is 2.28. The number of aromatic nitrogens is 1. The first-order valence-corrected chi connectivity index (χ1v) is 8.07. The molecular weight excluding hydrogens is 357 g/mol. The van der Waals surface area contributed by atoms with Crippen LogP contribution in [0.1, 0.15) is 10.5 Å². The summed E-state index contributed by atoms with van der Waals surface area (Å²) in [7, 11) is 1.56. The summed E-state index contributed by atoms with van der Waals surface area (Å²) in [5, 5.41) is 6.17. The van der Waals surface area contributed by atoms with E-state index in [1.54, 1.807) is 43.5 Å². The van der Waals surface area contributed by atoms with Gasteiger partial charge in [-0.2, -0.15) is 0 Å². The molecule has 7 heteroatoms. The van der Waals surface area contributed by atoms with Crippen LogP contribution in [-0.4, -0.2) is 18.0 Å². The van der Waals surface area contributed by atoms with Crippen molar-refractivity contribution in [3.63, 3.8) is 0 Å². The normalized spacial score (nSPS) is 10.3. The smallest absolute Gasteiger partial charge is 0.274 e. The molecule has 0 saturated heterocycles. The summed E-state index contributed by atoms with van der Waals surface area (Å²) in [5.41, 5.74) is 1.58. The van der Waals surface area contributed by atoms with Gasteiger partial charge in [-0.1, -0.05) is 23.7 Å². The average Bonchev–Trinajstić information content (AvgIpc) is 2.64. The maximum atomic E-state index is 13.6. The molecule has 5 nitrogen and oxygen atoms in total. The maximum absolute atomic E-state index is 13.6. The van der Waals surface area contributed by atoms with Crippen LogP contribution in [0.15, 0.2) is 60.8 Å². The lowest BCUT2D eigenvalue weighted by Crippen LogP contribution is -2.14. The van der Waals surface area contributed by atoms with Gasteiger partial charge < -0.3 is 15.4 Å². The zero-order valence-corrected chi connectivity index (χ0v) is 14.5. The molecule has 0 saturated carbocycles. The lowest BCUT2D eigenvalue weighted by atomic mass is 10.2. The molecule has 1 aromatic heterocycles. The summed E-state index contributed by atoms with van der Waals surface area (Å²) in [6.45, 7) is 0. The molecule has 0 fully saturated rings. The molecule has 0 aliphatic carbocycles. The fraction of sp³-hybridized carbons (Fsp3) is 0.0526. The minimum atomic E-state index is -0.507. The zero-order chi connectivity index (χ0) is 18.5. The van der Waals surface area contributed by atoms with E-state index in [1.165, 1.54) is 24.4 Å². The number of amides is 1. The van der Waals surface area contributed by atoms with E-state index >= 15 is 0 Å². The van der Waals surface area contributed by atoms with Crippen molar-refractivity contribution < 1.29 is 13.9 Å². The number of hydrogen-bond acceptors (Lipinski definition) is 4. The lowest BCUT2D eigenvalue weighted by Gasteiger charge is -2.12. The first-order chi connectivity index (χ1) is 12.6. The number of anilines is 3. The molecule has 1 amide bonds. The molecule has 3 aromatic rings. The number of hydrogen-bond donors (Lipinski definition) is 2. The van der Waals surface area contributed by atoms with Crippen LogP contribution in [-0.2, 0) is 0 Å². The SMILES string of the molecule is COc1ccc(Cl)cc1Nc1ccc(C(=O)Nc2ccccc2F)nc1. The summed E-state index contributed by atoms with van der Waals surface area (Å²) < 4.78 is 18.9. The number of carbonyl (C=O) groups excluding carboxylic acids is 1. The van der Waals surface area contributed by atoms with Crippen molar-refractivity contribution >= 4 is 34.6 Å². The number of halogens is 2. The number of nitrogens with zero attached hydrogens (tertiary/aromatic N) is 1. The zero-order valence-electron chi connectivity index (χ0n) is 13.8. The summed E-state index contributed by atoms with van der Waals surface area (Å²) in [6.07, 6.45) is 1.50. The Bertz CT molecular complexity index is 932. The van der Waals surface area contributed by atoms with Gasteiger partial charge in [0.2, 0.25) is 0 Å². The Morgan fingerprint density at radius 3 is 2.62 bits per heavy atom. The third kappa shape index (κ3) is 4.10. The van der Waals surface area contributed by atoms with Crippen molar-refractivity contribution in [3.05, 3.63) is 77.3 Å². The van der Waals surface area contributed by atoms with E-state index in [1.807, 2.05) is 0 Å². The van der Waals surface area contributed by atoms with Gasteiger partial charge in [-0.25, -0.2) is 9.37 Å². The van der Waals surface area contributed by atoms with Crippen LogP contribution in [0.3, 0.4) is 0 Å². The highest BCUT2D eigenvalue weighted by molar-refractivity contribution is 6.31. The van der Waals surface area contributed by atoms with E-state index in [9.17, 15) is 9.18 Å². The Hall–Kier alpha value is -3.12. The van der Waals surface area contributed by atoms with Gasteiger partial charge in [0, 0.05) is 5.02 Å². The van der Waals surface area contributed by atoms with Gasteiger partial charge in [0.1, 0.15) is 17.3 Å². The van der Waals surface area contributed by atoms with Crippen LogP contribution in [0, 0.1) is 5.82 Å². The second-order valence-corrected chi connectivity index (χ2v) is 5.77. The molecule has 132 valence electrons. The van der Waals surface area contributed by atoms with Crippen molar-refractivity contribution in [1.82, 2.24) is 4.98 Å². The molecule has 0 spiro atoms. The number of pyridine rings is 1. The molecule has 0 atom stereocenters. The van der Waals surface area contributed by atoms with E-state index in [4.69, 9.17) is 16.3 Å². The largest absolute Gasteiger partial charge is 0.495 e. The number of methoxy groups -OCH3 is 1. The van der Waals surface area contributed by atoms with Crippen LogP contribution in [0.2, 0.25) is 5.02 Å². The second-order valence-electron chi connectivity index (χ2n) is 5.34. The van der Waals surface area contributed by atoms with E-state index in [0.717, 1.165) is 0 Å². The van der Waals surface area contributed by atoms with Gasteiger partial charge in [0.15, 0.2) is 0 Å². The monoisotopic (exact) mass is 371 g/mol. The van der Waals surface area contributed by atoms with Gasteiger partial charge in [0.25, 0.3) is 5.91 Å². The molecule has 0 bridgehead atoms. The highest BCUT2D eigenvalue weighted by Gasteiger charge is 2.11. The molecule has 3 rings (SSSR count). The highest BCUT2D eigenvalue weighted by Crippen LogP contribution is 2.30. The van der Waals surface area contributed by atoms with Gasteiger partial charge in [-0.3, -0.25) is 4.79 Å². The molecule has 0 radical (unpaired) electrons. The minimum absolute atomic E-state index is 0.102. The summed E-state index contributed by atoms with van der Waals surface area (Å²) >= 11 is 6.00. The Labute approximate surface area is 154 Å². The van der Waals surface area contributed by atoms with Gasteiger partial charge in [-0.15, -0.1) is 0 Å². The van der Waals surface area contributed by atoms with Crippen molar-refractivity contribution in [2.75, 3.05) is 17.7 Å². The van der Waals surface area contributed by atoms with Gasteiger partial charge in [0.05, 0.1) is 30.4 Å². The van der Waals surface area contributed by atoms with Crippen LogP contribution in [0.25, 0.3) is 0 Å². The Morgan fingerprint density at radius 2 is 1.92 bits per heavy atom. The lowest BCUT2D eigenvalue weighted by molar-refractivity contribution is 0.102. The summed E-state index contributed by atoms with van der Waals surface area (Å²) in [6, 6.07) is 14.3. The predicted octanol–water partition coefficient (Wildman–Crippen LogP) is 4.88. The topological polar surface area (TPSA) is 63.2 Å². The molecule has 26 heavy (non-hydrogen) atoms. The van der Waals surface area contributed by atoms with Crippen LogP contribution in [0.4, 0.5) is 21.5 Å². The molecule has 2 N–H and O–H groups in total. The molecule has 0 unspecified atom stereocenters. The first kappa shape index (κ1) is 17.7. The Kier molecular flexibility index (Phi) is 5.34. The van der Waals surface area contributed by atoms with Crippen molar-refractivity contribution in [1.29, 1.82) is 0 Å². The average molecular weight is 372 g/mol. The van der Waals surface area contributed by atoms with Gasteiger partial charge in [-0.05, 0) is 42.5 Å². The Morgan fingerprint density at radius 1 is 1.12 bits per heavy atom. The number of benzene rings is 2. The first-order valence-electron chi connectivity index (χ1n) is 7.69. The highest BCUT2D eigenvalue weighted by atomic mass is 35.5. The van der Waals surface area contributed by atoms with E-state index in [-0.39, 0.29) is 11.4 Å². The van der Waals surface area contributed by atoms with Crippen LogP contribution >= 0.6 is 11.6 Å². The van der Waals surface area contributed by atoms with Crippen molar-refractivity contribution in [2.24, 2.45) is 0 Å². The van der Waals surface area contributed by atoms with Gasteiger partial charge >= 0.3 is 0 Å². The fourth-order valence-corrected chi connectivity index (χ4v) is 2.46. The Balaban J connectivity index is 1.73. The number of ether oxygens (including phenoxy) is 1. The quantitative estimate of drug-likeness (QED) is 0.671. The number of rotatable bonds is 5. The third-order valence-corrected chi connectivity index (χ3v) is 3.79. The minimum Gasteiger partial charge on any atom is -0.495 e. The van der Waals surface area contributed by atoms with Crippen LogP contribution in [0.5, 0.6) is 5.75 Å². The maximum Gasteiger partial charge on any atom is 0.274 e. The molecular formula is C19H15ClFN3O2.